The second-order valence-electron chi connectivity index (χ2n) is 6.12. The summed E-state index contributed by atoms with van der Waals surface area (Å²) in [4.78, 5) is 2.50. The minimum absolute atomic E-state index is 0.0862. The number of benzene rings is 1. The van der Waals surface area contributed by atoms with Gasteiger partial charge in [0.25, 0.3) is 0 Å². The largest absolute Gasteiger partial charge is 0.379 e. The zero-order valence-corrected chi connectivity index (χ0v) is 13.4. The van der Waals surface area contributed by atoms with Gasteiger partial charge in [-0.2, -0.15) is 0 Å². The lowest BCUT2D eigenvalue weighted by Gasteiger charge is -2.34. The van der Waals surface area contributed by atoms with Gasteiger partial charge in [0, 0.05) is 19.7 Å². The van der Waals surface area contributed by atoms with Crippen LogP contribution in [-0.4, -0.2) is 36.7 Å². The Kier molecular flexibility index (Phi) is 7.20. The highest BCUT2D eigenvalue weighted by Crippen LogP contribution is 2.20. The molecule has 0 aliphatic carbocycles. The number of ether oxygens (including phenoxy) is 1. The molecule has 0 amide bonds. The van der Waals surface area contributed by atoms with Gasteiger partial charge < -0.3 is 10.5 Å². The SMILES string of the molecule is COC(C)(C)CC(C)N(CCCN)Cc1ccccc1. The fourth-order valence-corrected chi connectivity index (χ4v) is 2.49. The maximum Gasteiger partial charge on any atom is 0.0637 e. The Hall–Kier alpha value is -0.900. The summed E-state index contributed by atoms with van der Waals surface area (Å²) in [6, 6.07) is 11.1. The van der Waals surface area contributed by atoms with E-state index in [9.17, 15) is 0 Å². The third kappa shape index (κ3) is 6.04. The molecule has 1 rings (SSSR count). The highest BCUT2D eigenvalue weighted by atomic mass is 16.5. The standard InChI is InChI=1S/C17H30N2O/c1-15(13-17(2,3)20-4)19(12-8-11-18)14-16-9-6-5-7-10-16/h5-7,9-10,15H,8,11-14,18H2,1-4H3. The van der Waals surface area contributed by atoms with E-state index in [4.69, 9.17) is 10.5 Å². The fourth-order valence-electron chi connectivity index (χ4n) is 2.49. The Balaban J connectivity index is 2.67. The van der Waals surface area contributed by atoms with Crippen molar-refractivity contribution in [1.29, 1.82) is 0 Å². The lowest BCUT2D eigenvalue weighted by Crippen LogP contribution is -2.40. The van der Waals surface area contributed by atoms with Crippen molar-refractivity contribution in [2.75, 3.05) is 20.2 Å². The van der Waals surface area contributed by atoms with Crippen LogP contribution in [0.5, 0.6) is 0 Å². The van der Waals surface area contributed by atoms with Crippen LogP contribution in [0.15, 0.2) is 30.3 Å². The molecule has 0 fully saturated rings. The predicted octanol–water partition coefficient (Wildman–Crippen LogP) is 3.04. The second kappa shape index (κ2) is 8.40. The predicted molar refractivity (Wildman–Crippen MR) is 85.7 cm³/mol. The topological polar surface area (TPSA) is 38.5 Å². The van der Waals surface area contributed by atoms with E-state index in [0.717, 1.165) is 32.5 Å². The molecule has 0 spiro atoms. The third-order valence-electron chi connectivity index (χ3n) is 3.84. The van der Waals surface area contributed by atoms with Crippen LogP contribution in [0.3, 0.4) is 0 Å². The molecule has 0 aliphatic rings. The van der Waals surface area contributed by atoms with Gasteiger partial charge in [-0.3, -0.25) is 4.90 Å². The molecule has 0 aromatic heterocycles. The summed E-state index contributed by atoms with van der Waals surface area (Å²) in [5.74, 6) is 0. The molecule has 0 saturated carbocycles. The van der Waals surface area contributed by atoms with Crippen molar-refractivity contribution in [3.8, 4) is 0 Å². The number of hydrogen-bond acceptors (Lipinski definition) is 3. The first kappa shape index (κ1) is 17.2. The summed E-state index contributed by atoms with van der Waals surface area (Å²) in [6.07, 6.45) is 2.05. The van der Waals surface area contributed by atoms with Gasteiger partial charge in [0.15, 0.2) is 0 Å². The van der Waals surface area contributed by atoms with Crippen LogP contribution in [0.2, 0.25) is 0 Å². The Morgan fingerprint density at radius 2 is 1.90 bits per heavy atom. The van der Waals surface area contributed by atoms with Crippen molar-refractivity contribution in [3.05, 3.63) is 35.9 Å². The quantitative estimate of drug-likeness (QED) is 0.754. The molecule has 3 nitrogen and oxygen atoms in total. The zero-order chi connectivity index (χ0) is 15.0. The van der Waals surface area contributed by atoms with Crippen molar-refractivity contribution in [3.63, 3.8) is 0 Å². The van der Waals surface area contributed by atoms with Gasteiger partial charge in [0.2, 0.25) is 0 Å². The van der Waals surface area contributed by atoms with E-state index in [1.807, 2.05) is 0 Å². The average Bonchev–Trinajstić information content (AvgIpc) is 2.44. The maximum atomic E-state index is 5.67. The van der Waals surface area contributed by atoms with E-state index >= 15 is 0 Å². The Morgan fingerprint density at radius 3 is 2.45 bits per heavy atom. The van der Waals surface area contributed by atoms with E-state index in [1.54, 1.807) is 7.11 Å². The Labute approximate surface area is 124 Å². The fraction of sp³-hybridized carbons (Fsp3) is 0.647. The van der Waals surface area contributed by atoms with Gasteiger partial charge in [-0.1, -0.05) is 30.3 Å². The maximum absolute atomic E-state index is 5.67. The molecule has 1 unspecified atom stereocenters. The van der Waals surface area contributed by atoms with E-state index in [0.29, 0.717) is 6.04 Å². The van der Waals surface area contributed by atoms with Gasteiger partial charge in [-0.15, -0.1) is 0 Å². The number of rotatable bonds is 9. The summed E-state index contributed by atoms with van der Waals surface area (Å²) in [7, 11) is 1.79. The van der Waals surface area contributed by atoms with Gasteiger partial charge in [0.05, 0.1) is 5.60 Å². The van der Waals surface area contributed by atoms with Crippen molar-refractivity contribution >= 4 is 0 Å². The third-order valence-corrected chi connectivity index (χ3v) is 3.84. The molecule has 0 saturated heterocycles. The summed E-state index contributed by atoms with van der Waals surface area (Å²) < 4.78 is 5.56. The molecule has 0 radical (unpaired) electrons. The van der Waals surface area contributed by atoms with Crippen LogP contribution in [0.1, 0.15) is 39.2 Å². The highest BCUT2D eigenvalue weighted by molar-refractivity contribution is 5.14. The molecule has 20 heavy (non-hydrogen) atoms. The monoisotopic (exact) mass is 278 g/mol. The van der Waals surface area contributed by atoms with Crippen molar-refractivity contribution in [1.82, 2.24) is 4.90 Å². The van der Waals surface area contributed by atoms with Crippen LogP contribution in [0.4, 0.5) is 0 Å². The van der Waals surface area contributed by atoms with Gasteiger partial charge in [0.1, 0.15) is 0 Å². The summed E-state index contributed by atoms with van der Waals surface area (Å²) in [5, 5.41) is 0. The number of methoxy groups -OCH3 is 1. The molecule has 1 atom stereocenters. The van der Waals surface area contributed by atoms with E-state index in [2.05, 4.69) is 56.0 Å². The van der Waals surface area contributed by atoms with E-state index in [1.165, 1.54) is 5.56 Å². The van der Waals surface area contributed by atoms with Crippen LogP contribution in [-0.2, 0) is 11.3 Å². The Morgan fingerprint density at radius 1 is 1.25 bits per heavy atom. The first-order chi connectivity index (χ1) is 9.48. The number of nitrogens with zero attached hydrogens (tertiary/aromatic N) is 1. The molecule has 0 aliphatic heterocycles. The van der Waals surface area contributed by atoms with Crippen LogP contribution in [0.25, 0.3) is 0 Å². The molecule has 2 N–H and O–H groups in total. The van der Waals surface area contributed by atoms with E-state index in [-0.39, 0.29) is 5.60 Å². The zero-order valence-electron chi connectivity index (χ0n) is 13.4. The smallest absolute Gasteiger partial charge is 0.0637 e. The summed E-state index contributed by atoms with van der Waals surface area (Å²) in [5.41, 5.74) is 6.94. The Bertz CT molecular complexity index is 365. The van der Waals surface area contributed by atoms with Crippen LogP contribution in [0, 0.1) is 0 Å². The van der Waals surface area contributed by atoms with Crippen LogP contribution >= 0.6 is 0 Å². The van der Waals surface area contributed by atoms with Crippen molar-refractivity contribution in [2.24, 2.45) is 5.73 Å². The summed E-state index contributed by atoms with van der Waals surface area (Å²) >= 11 is 0. The van der Waals surface area contributed by atoms with Gasteiger partial charge in [-0.05, 0) is 52.3 Å². The first-order valence-electron chi connectivity index (χ1n) is 7.51. The van der Waals surface area contributed by atoms with E-state index < -0.39 is 0 Å². The molecule has 114 valence electrons. The highest BCUT2D eigenvalue weighted by Gasteiger charge is 2.24. The lowest BCUT2D eigenvalue weighted by molar-refractivity contribution is -0.00738. The normalized spacial score (nSPS) is 13.7. The molecule has 0 heterocycles. The average molecular weight is 278 g/mol. The van der Waals surface area contributed by atoms with Gasteiger partial charge in [-0.25, -0.2) is 0 Å². The molecule has 3 heteroatoms. The first-order valence-corrected chi connectivity index (χ1v) is 7.51. The second-order valence-corrected chi connectivity index (χ2v) is 6.12. The van der Waals surface area contributed by atoms with Crippen LogP contribution < -0.4 is 5.73 Å². The summed E-state index contributed by atoms with van der Waals surface area (Å²) in [6.45, 7) is 9.32. The van der Waals surface area contributed by atoms with Crippen molar-refractivity contribution in [2.45, 2.75) is 51.8 Å². The molecule has 1 aromatic rings. The lowest BCUT2D eigenvalue weighted by atomic mass is 9.98. The number of hydrogen-bond donors (Lipinski definition) is 1. The minimum atomic E-state index is -0.0862. The minimum Gasteiger partial charge on any atom is -0.379 e. The van der Waals surface area contributed by atoms with Crippen molar-refractivity contribution < 1.29 is 4.74 Å². The molecule has 0 bridgehead atoms. The molecular formula is C17H30N2O. The molecular weight excluding hydrogens is 248 g/mol. The number of nitrogens with two attached hydrogens (primary N) is 1. The molecule has 1 aromatic carbocycles. The van der Waals surface area contributed by atoms with Gasteiger partial charge >= 0.3 is 0 Å².